The molecule has 34 heavy (non-hydrogen) atoms. The summed E-state index contributed by atoms with van der Waals surface area (Å²) in [5.41, 5.74) is 1.10. The second-order valence-corrected chi connectivity index (χ2v) is 11.3. The van der Waals surface area contributed by atoms with Gasteiger partial charge in [0.2, 0.25) is 16.0 Å². The van der Waals surface area contributed by atoms with Gasteiger partial charge in [-0.25, -0.2) is 31.5 Å². The topological polar surface area (TPSA) is 138 Å². The lowest BCUT2D eigenvalue weighted by molar-refractivity contribution is 0.102. The third-order valence-corrected chi connectivity index (χ3v) is 8.73. The third kappa shape index (κ3) is 5.08. The van der Waals surface area contributed by atoms with Gasteiger partial charge in [0.15, 0.2) is 0 Å². The van der Waals surface area contributed by atoms with Crippen LogP contribution in [0.1, 0.15) is 28.8 Å². The SMILES string of the molecule is Cc1ccc(C(=O)Nc2ccc(S(=O)(=O)Nc3ncccn3)cc2)cc1S(=O)(=O)N1CCCC1. The van der Waals surface area contributed by atoms with E-state index in [0.29, 0.717) is 24.3 Å². The van der Waals surface area contributed by atoms with Gasteiger partial charge in [-0.15, -0.1) is 0 Å². The average molecular weight is 502 g/mol. The van der Waals surface area contributed by atoms with Crippen LogP contribution in [-0.4, -0.2) is 50.1 Å². The first-order valence-electron chi connectivity index (χ1n) is 10.5. The molecule has 0 aliphatic carbocycles. The van der Waals surface area contributed by atoms with Crippen molar-refractivity contribution >= 4 is 37.6 Å². The lowest BCUT2D eigenvalue weighted by Crippen LogP contribution is -2.28. The summed E-state index contributed by atoms with van der Waals surface area (Å²) in [5, 5.41) is 2.67. The minimum absolute atomic E-state index is 0.0349. The second-order valence-electron chi connectivity index (χ2n) is 7.75. The summed E-state index contributed by atoms with van der Waals surface area (Å²) < 4.78 is 54.6. The first-order chi connectivity index (χ1) is 16.2. The summed E-state index contributed by atoms with van der Waals surface area (Å²) in [6.07, 6.45) is 4.46. The molecular weight excluding hydrogens is 478 g/mol. The zero-order valence-electron chi connectivity index (χ0n) is 18.3. The quantitative estimate of drug-likeness (QED) is 0.507. The number of anilines is 2. The number of carbonyl (C=O) groups is 1. The number of aryl methyl sites for hydroxylation is 1. The summed E-state index contributed by atoms with van der Waals surface area (Å²) in [6.45, 7) is 2.63. The first-order valence-corrected chi connectivity index (χ1v) is 13.4. The number of nitrogens with zero attached hydrogens (tertiary/aromatic N) is 3. The number of hydrogen-bond donors (Lipinski definition) is 2. The fourth-order valence-corrected chi connectivity index (χ4v) is 6.26. The second kappa shape index (κ2) is 9.49. The largest absolute Gasteiger partial charge is 0.322 e. The van der Waals surface area contributed by atoms with E-state index in [1.165, 1.54) is 47.0 Å². The summed E-state index contributed by atoms with van der Waals surface area (Å²) in [7, 11) is -7.58. The highest BCUT2D eigenvalue weighted by Gasteiger charge is 2.29. The predicted octanol–water partition coefficient (Wildman–Crippen LogP) is 2.62. The Morgan fingerprint density at radius 2 is 1.59 bits per heavy atom. The monoisotopic (exact) mass is 501 g/mol. The third-order valence-electron chi connectivity index (χ3n) is 5.35. The summed E-state index contributed by atoms with van der Waals surface area (Å²) in [6, 6.07) is 11.6. The van der Waals surface area contributed by atoms with Crippen molar-refractivity contribution in [1.82, 2.24) is 14.3 Å². The summed E-state index contributed by atoms with van der Waals surface area (Å²) in [5.74, 6) is -0.566. The van der Waals surface area contributed by atoms with E-state index in [4.69, 9.17) is 0 Å². The number of nitrogens with one attached hydrogen (secondary N) is 2. The normalized spacial score (nSPS) is 14.6. The molecule has 2 N–H and O–H groups in total. The first kappa shape index (κ1) is 23.8. The van der Waals surface area contributed by atoms with Crippen LogP contribution in [0.15, 0.2) is 70.7 Å². The van der Waals surface area contributed by atoms with E-state index < -0.39 is 26.0 Å². The highest BCUT2D eigenvalue weighted by Crippen LogP contribution is 2.25. The zero-order valence-corrected chi connectivity index (χ0v) is 19.9. The van der Waals surface area contributed by atoms with E-state index in [-0.39, 0.29) is 21.3 Å². The Hall–Kier alpha value is -3.35. The Morgan fingerprint density at radius 1 is 0.941 bits per heavy atom. The lowest BCUT2D eigenvalue weighted by atomic mass is 10.1. The number of sulfonamides is 2. The highest BCUT2D eigenvalue weighted by molar-refractivity contribution is 7.92. The van der Waals surface area contributed by atoms with Crippen LogP contribution >= 0.6 is 0 Å². The molecule has 0 radical (unpaired) electrons. The van der Waals surface area contributed by atoms with Crippen molar-refractivity contribution in [2.24, 2.45) is 0 Å². The summed E-state index contributed by atoms with van der Waals surface area (Å²) in [4.78, 5) is 20.5. The fourth-order valence-electron chi connectivity index (χ4n) is 3.54. The van der Waals surface area contributed by atoms with Crippen molar-refractivity contribution in [3.8, 4) is 0 Å². The maximum Gasteiger partial charge on any atom is 0.264 e. The van der Waals surface area contributed by atoms with Gasteiger partial charge in [0.1, 0.15) is 0 Å². The van der Waals surface area contributed by atoms with Crippen LogP contribution in [0.3, 0.4) is 0 Å². The smallest absolute Gasteiger partial charge is 0.264 e. The van der Waals surface area contributed by atoms with Gasteiger partial charge in [0, 0.05) is 36.7 Å². The van der Waals surface area contributed by atoms with Gasteiger partial charge in [0.25, 0.3) is 15.9 Å². The van der Waals surface area contributed by atoms with E-state index in [1.807, 2.05) is 0 Å². The molecule has 10 nitrogen and oxygen atoms in total. The van der Waals surface area contributed by atoms with Crippen LogP contribution in [0.4, 0.5) is 11.6 Å². The molecule has 1 saturated heterocycles. The van der Waals surface area contributed by atoms with Crippen LogP contribution in [-0.2, 0) is 20.0 Å². The molecule has 1 amide bonds. The zero-order chi connectivity index (χ0) is 24.3. The minimum Gasteiger partial charge on any atom is -0.322 e. The molecule has 1 aliphatic rings. The van der Waals surface area contributed by atoms with Gasteiger partial charge in [0.05, 0.1) is 9.79 Å². The Balaban J connectivity index is 1.50. The Kier molecular flexibility index (Phi) is 6.64. The molecule has 0 saturated carbocycles. The lowest BCUT2D eigenvalue weighted by Gasteiger charge is -2.18. The standard InChI is InChI=1S/C22H23N5O5S2/c1-16-5-6-17(15-20(16)34(31,32)27-13-2-3-14-27)21(28)25-18-7-9-19(10-8-18)33(29,30)26-22-23-11-4-12-24-22/h4-12,15H,2-3,13-14H2,1H3,(H,25,28)(H,23,24,26). The van der Waals surface area contributed by atoms with Crippen LogP contribution in [0, 0.1) is 6.92 Å². The van der Waals surface area contributed by atoms with E-state index in [9.17, 15) is 21.6 Å². The number of benzene rings is 2. The van der Waals surface area contributed by atoms with Crippen molar-refractivity contribution in [1.29, 1.82) is 0 Å². The molecule has 0 bridgehead atoms. The van der Waals surface area contributed by atoms with Crippen molar-refractivity contribution in [2.75, 3.05) is 23.1 Å². The molecule has 3 aromatic rings. The Morgan fingerprint density at radius 3 is 2.24 bits per heavy atom. The number of amides is 1. The summed E-state index contributed by atoms with van der Waals surface area (Å²) >= 11 is 0. The van der Waals surface area contributed by atoms with E-state index in [1.54, 1.807) is 25.1 Å². The van der Waals surface area contributed by atoms with E-state index in [2.05, 4.69) is 20.0 Å². The van der Waals surface area contributed by atoms with Crippen molar-refractivity contribution in [2.45, 2.75) is 29.6 Å². The van der Waals surface area contributed by atoms with Gasteiger partial charge >= 0.3 is 0 Å². The van der Waals surface area contributed by atoms with Gasteiger partial charge in [-0.2, -0.15) is 4.31 Å². The number of rotatable bonds is 7. The minimum atomic E-state index is -3.90. The molecule has 1 aliphatic heterocycles. The fraction of sp³-hybridized carbons (Fsp3) is 0.227. The van der Waals surface area contributed by atoms with Gasteiger partial charge < -0.3 is 5.32 Å². The molecule has 0 unspecified atom stereocenters. The molecule has 2 aromatic carbocycles. The molecule has 2 heterocycles. The maximum atomic E-state index is 13.0. The molecule has 1 aromatic heterocycles. The van der Waals surface area contributed by atoms with E-state index >= 15 is 0 Å². The molecule has 1 fully saturated rings. The van der Waals surface area contributed by atoms with Crippen LogP contribution in [0.25, 0.3) is 0 Å². The number of hydrogen-bond acceptors (Lipinski definition) is 7. The van der Waals surface area contributed by atoms with Gasteiger partial charge in [-0.3, -0.25) is 4.79 Å². The predicted molar refractivity (Wildman–Crippen MR) is 126 cm³/mol. The Bertz CT molecular complexity index is 1400. The van der Waals surface area contributed by atoms with Crippen LogP contribution < -0.4 is 10.0 Å². The molecular formula is C22H23N5O5S2. The Labute approximate surface area is 198 Å². The molecule has 178 valence electrons. The number of carbonyl (C=O) groups excluding carboxylic acids is 1. The molecule has 0 atom stereocenters. The van der Waals surface area contributed by atoms with Gasteiger partial charge in [-0.1, -0.05) is 6.07 Å². The van der Waals surface area contributed by atoms with Crippen molar-refractivity contribution < 1.29 is 21.6 Å². The van der Waals surface area contributed by atoms with Crippen LogP contribution in [0.5, 0.6) is 0 Å². The van der Waals surface area contributed by atoms with Crippen LogP contribution in [0.2, 0.25) is 0 Å². The van der Waals surface area contributed by atoms with Gasteiger partial charge in [-0.05, 0) is 67.8 Å². The number of aromatic nitrogens is 2. The van der Waals surface area contributed by atoms with Crippen molar-refractivity contribution in [3.05, 3.63) is 72.1 Å². The average Bonchev–Trinajstić information content (AvgIpc) is 3.36. The van der Waals surface area contributed by atoms with E-state index in [0.717, 1.165) is 12.8 Å². The highest BCUT2D eigenvalue weighted by atomic mass is 32.2. The molecule has 0 spiro atoms. The maximum absolute atomic E-state index is 13.0. The molecule has 12 heteroatoms. The van der Waals surface area contributed by atoms with Crippen molar-refractivity contribution in [3.63, 3.8) is 0 Å². The molecule has 4 rings (SSSR count).